The van der Waals surface area contributed by atoms with Crippen LogP contribution >= 0.6 is 22.9 Å². The number of nitrogens with one attached hydrogen (secondary N) is 1. The number of benzene rings is 1. The summed E-state index contributed by atoms with van der Waals surface area (Å²) in [4.78, 5) is 29.8. The van der Waals surface area contributed by atoms with E-state index in [1.54, 1.807) is 67.0 Å². The molecule has 1 aromatic carbocycles. The predicted molar refractivity (Wildman–Crippen MR) is 186 cm³/mol. The SMILES string of the molecule is CC(C)(C)OC(=O)n1c(C2=CC(NC(=O)c3cnn(Cc4ccc(Cl)s4)c3)=CN(COCC[Si](C)(C)C)CO2)cc2cc(O)ccc21. The summed E-state index contributed by atoms with van der Waals surface area (Å²) < 4.78 is 21.8. The maximum Gasteiger partial charge on any atom is 0.419 e. The molecule has 0 unspecified atom stereocenters. The third kappa shape index (κ3) is 9.28. The van der Waals surface area contributed by atoms with Crippen LogP contribution in [0.3, 0.4) is 0 Å². The number of aromatic nitrogens is 3. The fraction of sp³-hybridized carbons (Fsp3) is 0.364. The van der Waals surface area contributed by atoms with Gasteiger partial charge in [-0.1, -0.05) is 31.2 Å². The molecule has 0 bridgehead atoms. The second-order valence-electron chi connectivity index (χ2n) is 13.5. The van der Waals surface area contributed by atoms with E-state index in [-0.39, 0.29) is 25.1 Å². The van der Waals surface area contributed by atoms with Gasteiger partial charge in [0, 0.05) is 43.4 Å². The molecule has 1 amide bonds. The van der Waals surface area contributed by atoms with Crippen molar-refractivity contribution in [2.75, 3.05) is 20.1 Å². The fourth-order valence-electron chi connectivity index (χ4n) is 4.71. The van der Waals surface area contributed by atoms with Crippen molar-refractivity contribution in [1.29, 1.82) is 0 Å². The summed E-state index contributed by atoms with van der Waals surface area (Å²) in [5.74, 6) is -0.00671. The van der Waals surface area contributed by atoms with E-state index >= 15 is 0 Å². The number of halogens is 1. The molecule has 11 nitrogen and oxygen atoms in total. The maximum atomic E-state index is 13.5. The summed E-state index contributed by atoms with van der Waals surface area (Å²) in [6.07, 6.45) is 5.98. The molecule has 1 aliphatic heterocycles. The van der Waals surface area contributed by atoms with Crippen molar-refractivity contribution in [2.24, 2.45) is 0 Å². The zero-order valence-corrected chi connectivity index (χ0v) is 29.9. The van der Waals surface area contributed by atoms with Gasteiger partial charge in [-0.15, -0.1) is 11.3 Å². The van der Waals surface area contributed by atoms with Crippen molar-refractivity contribution in [2.45, 2.75) is 58.6 Å². The number of hydrogen-bond donors (Lipinski definition) is 2. The second kappa shape index (κ2) is 14.0. The minimum atomic E-state index is -1.29. The first-order chi connectivity index (χ1) is 22.1. The van der Waals surface area contributed by atoms with Crippen LogP contribution in [0.4, 0.5) is 4.79 Å². The minimum absolute atomic E-state index is 0.0540. The van der Waals surface area contributed by atoms with E-state index in [4.69, 9.17) is 25.8 Å². The van der Waals surface area contributed by atoms with Gasteiger partial charge in [-0.2, -0.15) is 5.10 Å². The van der Waals surface area contributed by atoms with Crippen LogP contribution < -0.4 is 5.32 Å². The summed E-state index contributed by atoms with van der Waals surface area (Å²) in [5.41, 5.74) is 0.942. The molecule has 250 valence electrons. The molecule has 0 saturated heterocycles. The quantitative estimate of drug-likeness (QED) is 0.131. The van der Waals surface area contributed by atoms with Crippen molar-refractivity contribution in [3.05, 3.63) is 87.2 Å². The number of ether oxygens (including phenoxy) is 3. The second-order valence-corrected chi connectivity index (χ2v) is 20.9. The molecule has 47 heavy (non-hydrogen) atoms. The van der Waals surface area contributed by atoms with Crippen molar-refractivity contribution >= 4 is 59.7 Å². The number of phenols is 1. The van der Waals surface area contributed by atoms with E-state index in [1.807, 2.05) is 12.1 Å². The van der Waals surface area contributed by atoms with Crippen molar-refractivity contribution < 1.29 is 28.9 Å². The Kier molecular flexibility index (Phi) is 10.2. The Morgan fingerprint density at radius 1 is 1.17 bits per heavy atom. The summed E-state index contributed by atoms with van der Waals surface area (Å²) in [7, 11) is -1.29. The zero-order valence-electron chi connectivity index (χ0n) is 27.4. The molecular weight excluding hydrogens is 658 g/mol. The van der Waals surface area contributed by atoms with Gasteiger partial charge in [-0.25, -0.2) is 9.36 Å². The van der Waals surface area contributed by atoms with Crippen LogP contribution in [0.15, 0.2) is 66.8 Å². The molecule has 0 fully saturated rings. The number of amides is 1. The van der Waals surface area contributed by atoms with E-state index in [1.165, 1.54) is 28.2 Å². The Morgan fingerprint density at radius 2 is 1.96 bits per heavy atom. The lowest BCUT2D eigenvalue weighted by molar-refractivity contribution is 0.0180. The normalized spacial score (nSPS) is 14.0. The molecule has 2 N–H and O–H groups in total. The maximum absolute atomic E-state index is 13.5. The first-order valence-corrected chi connectivity index (χ1v) is 20.1. The Hall–Kier alpha value is -4.04. The van der Waals surface area contributed by atoms with E-state index < -0.39 is 19.8 Å². The van der Waals surface area contributed by atoms with Gasteiger partial charge in [-0.3, -0.25) is 9.48 Å². The van der Waals surface area contributed by atoms with Gasteiger partial charge in [0.15, 0.2) is 6.73 Å². The van der Waals surface area contributed by atoms with E-state index in [0.29, 0.717) is 51.1 Å². The largest absolute Gasteiger partial charge is 0.508 e. The van der Waals surface area contributed by atoms with Crippen LogP contribution in [-0.4, -0.2) is 70.1 Å². The highest BCUT2D eigenvalue weighted by Crippen LogP contribution is 2.31. The van der Waals surface area contributed by atoms with Crippen LogP contribution in [0.5, 0.6) is 5.75 Å². The Morgan fingerprint density at radius 3 is 2.66 bits per heavy atom. The van der Waals surface area contributed by atoms with Crippen LogP contribution in [-0.2, 0) is 20.8 Å². The van der Waals surface area contributed by atoms with Crippen LogP contribution in [0.1, 0.15) is 41.7 Å². The van der Waals surface area contributed by atoms with E-state index in [2.05, 4.69) is 30.1 Å². The van der Waals surface area contributed by atoms with Crippen LogP contribution in [0, 0.1) is 0 Å². The summed E-state index contributed by atoms with van der Waals surface area (Å²) in [6, 6.07) is 11.2. The third-order valence-electron chi connectivity index (χ3n) is 6.96. The third-order valence-corrected chi connectivity index (χ3v) is 9.88. The number of phenolic OH excluding ortho intramolecular Hbond substituents is 1. The predicted octanol–water partition coefficient (Wildman–Crippen LogP) is 7.30. The number of aromatic hydroxyl groups is 1. The number of rotatable bonds is 10. The Balaban J connectivity index is 1.45. The lowest BCUT2D eigenvalue weighted by Gasteiger charge is -2.23. The van der Waals surface area contributed by atoms with Gasteiger partial charge < -0.3 is 29.5 Å². The Bertz CT molecular complexity index is 1830. The van der Waals surface area contributed by atoms with Crippen molar-refractivity contribution in [1.82, 2.24) is 24.6 Å². The van der Waals surface area contributed by atoms with Crippen molar-refractivity contribution in [3.8, 4) is 5.75 Å². The standard InChI is InChI=1S/C33H40ClN5O6SSi/c1-33(2,3)45-32(42)39-27-9-7-25(40)13-22(27)14-28(39)29-15-24(18-37(21-44-29)20-43-11-12-47(4,5)6)36-31(41)23-16-35-38(17-23)19-26-8-10-30(34)46-26/h7-10,13-18,40H,11-12,19-21H2,1-6H3,(H,36,41). The van der Waals surface area contributed by atoms with Crippen molar-refractivity contribution in [3.63, 3.8) is 0 Å². The molecule has 5 rings (SSSR count). The number of carbonyl (C=O) groups excluding carboxylic acids is 2. The number of thiophene rings is 1. The highest BCUT2D eigenvalue weighted by molar-refractivity contribution is 7.16. The van der Waals surface area contributed by atoms with E-state index in [9.17, 15) is 14.7 Å². The molecule has 0 aliphatic carbocycles. The van der Waals surface area contributed by atoms with E-state index in [0.717, 1.165) is 10.9 Å². The molecule has 3 aromatic heterocycles. The monoisotopic (exact) mass is 697 g/mol. The summed E-state index contributed by atoms with van der Waals surface area (Å²) >= 11 is 7.53. The number of carbonyl (C=O) groups is 2. The summed E-state index contributed by atoms with van der Waals surface area (Å²) in [5, 5.41) is 18.1. The first-order valence-electron chi connectivity index (χ1n) is 15.2. The molecular formula is C33H40ClN5O6SSi. The Labute approximate surface area is 284 Å². The fourth-order valence-corrected chi connectivity index (χ4v) is 6.55. The van der Waals surface area contributed by atoms with Gasteiger partial charge in [0.05, 0.1) is 39.5 Å². The number of allylic oxidation sites excluding steroid dienone is 1. The molecule has 1 aliphatic rings. The molecule has 4 aromatic rings. The molecule has 0 spiro atoms. The molecule has 14 heteroatoms. The highest BCUT2D eigenvalue weighted by Gasteiger charge is 2.26. The molecule has 0 radical (unpaired) electrons. The average molecular weight is 698 g/mol. The minimum Gasteiger partial charge on any atom is -0.508 e. The zero-order chi connectivity index (χ0) is 33.9. The van der Waals surface area contributed by atoms with Gasteiger partial charge in [-0.05, 0) is 63.2 Å². The topological polar surface area (TPSA) is 120 Å². The highest BCUT2D eigenvalue weighted by atomic mass is 35.5. The van der Waals surface area contributed by atoms with Crippen LogP contribution in [0.25, 0.3) is 16.7 Å². The average Bonchev–Trinajstić information content (AvgIpc) is 3.66. The van der Waals surface area contributed by atoms with Gasteiger partial charge in [0.2, 0.25) is 0 Å². The molecule has 4 heterocycles. The lowest BCUT2D eigenvalue weighted by atomic mass is 10.2. The smallest absolute Gasteiger partial charge is 0.419 e. The molecule has 0 saturated carbocycles. The number of fused-ring (bicyclic) bond motifs is 1. The van der Waals surface area contributed by atoms with Crippen LogP contribution in [0.2, 0.25) is 30.0 Å². The molecule has 0 atom stereocenters. The van der Waals surface area contributed by atoms with Gasteiger partial charge >= 0.3 is 6.09 Å². The number of nitrogens with zero attached hydrogens (tertiary/aromatic N) is 4. The first kappa shape index (κ1) is 34.3. The number of hydrogen-bond acceptors (Lipinski definition) is 9. The van der Waals surface area contributed by atoms with Gasteiger partial charge in [0.1, 0.15) is 23.8 Å². The van der Waals surface area contributed by atoms with Gasteiger partial charge in [0.25, 0.3) is 5.91 Å². The lowest BCUT2D eigenvalue weighted by Crippen LogP contribution is -2.28. The summed E-state index contributed by atoms with van der Waals surface area (Å²) in [6.45, 7) is 13.6.